The zero-order valence-electron chi connectivity index (χ0n) is 12.0. The molecule has 1 fully saturated rings. The van der Waals surface area contributed by atoms with E-state index in [9.17, 15) is 0 Å². The van der Waals surface area contributed by atoms with Gasteiger partial charge in [-0.05, 0) is 66.7 Å². The van der Waals surface area contributed by atoms with Crippen molar-refractivity contribution in [2.24, 2.45) is 0 Å². The highest BCUT2D eigenvalue weighted by Gasteiger charge is 2.23. The van der Waals surface area contributed by atoms with Crippen LogP contribution in [0.2, 0.25) is 0 Å². The van der Waals surface area contributed by atoms with Crippen molar-refractivity contribution in [2.75, 3.05) is 24.5 Å². The van der Waals surface area contributed by atoms with Crippen molar-refractivity contribution in [3.05, 3.63) is 22.3 Å². The molecule has 1 atom stereocenters. The van der Waals surface area contributed by atoms with Crippen molar-refractivity contribution in [2.45, 2.75) is 45.6 Å². The molecule has 1 aromatic rings. The minimum Gasteiger partial charge on any atom is -0.352 e. The van der Waals surface area contributed by atoms with E-state index in [0.29, 0.717) is 6.04 Å². The quantitative estimate of drug-likeness (QED) is 0.839. The first-order chi connectivity index (χ1) is 9.22. The molecule has 0 radical (unpaired) electrons. The molecule has 1 N–H and O–H groups in total. The Morgan fingerprint density at radius 2 is 2.32 bits per heavy atom. The molecule has 1 aliphatic heterocycles. The summed E-state index contributed by atoms with van der Waals surface area (Å²) in [7, 11) is 0. The number of hydrogen-bond donors (Lipinski definition) is 1. The van der Waals surface area contributed by atoms with Gasteiger partial charge in [0.1, 0.15) is 5.82 Å². The first-order valence-corrected chi connectivity index (χ1v) is 8.11. The number of anilines is 1. The van der Waals surface area contributed by atoms with E-state index in [-0.39, 0.29) is 0 Å². The fraction of sp³-hybridized carbons (Fsp3) is 0.667. The van der Waals surface area contributed by atoms with Gasteiger partial charge in [-0.15, -0.1) is 0 Å². The van der Waals surface area contributed by atoms with Crippen LogP contribution < -0.4 is 10.2 Å². The number of pyridine rings is 1. The Labute approximate surface area is 124 Å². The summed E-state index contributed by atoms with van der Waals surface area (Å²) in [6.07, 6.45) is 7.01. The molecule has 0 bridgehead atoms. The molecule has 1 aromatic heterocycles. The van der Waals surface area contributed by atoms with Crippen molar-refractivity contribution in [1.82, 2.24) is 10.3 Å². The van der Waals surface area contributed by atoms with E-state index in [1.54, 1.807) is 0 Å². The van der Waals surface area contributed by atoms with Crippen molar-refractivity contribution in [3.8, 4) is 0 Å². The van der Waals surface area contributed by atoms with Gasteiger partial charge in [0, 0.05) is 29.8 Å². The van der Waals surface area contributed by atoms with Gasteiger partial charge in [0.2, 0.25) is 0 Å². The number of nitrogens with zero attached hydrogens (tertiary/aromatic N) is 2. The summed E-state index contributed by atoms with van der Waals surface area (Å²) in [4.78, 5) is 7.07. The van der Waals surface area contributed by atoms with E-state index in [1.807, 2.05) is 6.20 Å². The van der Waals surface area contributed by atoms with Crippen LogP contribution in [-0.4, -0.2) is 30.7 Å². The lowest BCUT2D eigenvalue weighted by Crippen LogP contribution is -2.46. The minimum atomic E-state index is 0.591. The highest BCUT2D eigenvalue weighted by Crippen LogP contribution is 2.25. The summed E-state index contributed by atoms with van der Waals surface area (Å²) in [5.74, 6) is 1.13. The molecule has 2 rings (SSSR count). The average molecular weight is 326 g/mol. The first kappa shape index (κ1) is 14.8. The largest absolute Gasteiger partial charge is 0.352 e. The van der Waals surface area contributed by atoms with Crippen molar-refractivity contribution < 1.29 is 0 Å². The third kappa shape index (κ3) is 3.93. The Balaban J connectivity index is 2.07. The summed E-state index contributed by atoms with van der Waals surface area (Å²) >= 11 is 3.53. The van der Waals surface area contributed by atoms with Crippen LogP contribution in [0.3, 0.4) is 0 Å². The third-order valence-corrected chi connectivity index (χ3v) is 4.59. The standard InChI is InChI=1S/C15H24BrN3/c1-3-7-17-10-13-6-4-5-8-19(13)15-9-12(2)14(16)11-18-15/h9,11,13,17H,3-8,10H2,1-2H3. The number of hydrogen-bond acceptors (Lipinski definition) is 3. The SMILES string of the molecule is CCCNCC1CCCCN1c1cc(C)c(Br)cn1. The molecule has 1 saturated heterocycles. The smallest absolute Gasteiger partial charge is 0.129 e. The van der Waals surface area contributed by atoms with Crippen LogP contribution in [-0.2, 0) is 0 Å². The zero-order chi connectivity index (χ0) is 13.7. The van der Waals surface area contributed by atoms with Crippen LogP contribution in [0.5, 0.6) is 0 Å². The molecule has 1 aliphatic rings. The lowest BCUT2D eigenvalue weighted by atomic mass is 10.0. The number of aryl methyl sites for hydroxylation is 1. The van der Waals surface area contributed by atoms with Gasteiger partial charge in [-0.1, -0.05) is 6.92 Å². The van der Waals surface area contributed by atoms with Gasteiger partial charge in [0.05, 0.1) is 0 Å². The Morgan fingerprint density at radius 3 is 3.05 bits per heavy atom. The lowest BCUT2D eigenvalue weighted by molar-refractivity contribution is 0.433. The highest BCUT2D eigenvalue weighted by molar-refractivity contribution is 9.10. The molecule has 19 heavy (non-hydrogen) atoms. The Kier molecular flexibility index (Phi) is 5.64. The summed E-state index contributed by atoms with van der Waals surface area (Å²) in [5, 5.41) is 3.55. The first-order valence-electron chi connectivity index (χ1n) is 7.32. The van der Waals surface area contributed by atoms with Crippen molar-refractivity contribution in [3.63, 3.8) is 0 Å². The monoisotopic (exact) mass is 325 g/mol. The molecule has 1 unspecified atom stereocenters. The second-order valence-corrected chi connectivity index (χ2v) is 6.19. The lowest BCUT2D eigenvalue weighted by Gasteiger charge is -2.37. The predicted molar refractivity (Wildman–Crippen MR) is 84.8 cm³/mol. The number of halogens is 1. The fourth-order valence-electron chi connectivity index (χ4n) is 2.64. The van der Waals surface area contributed by atoms with Crippen LogP contribution in [0, 0.1) is 6.92 Å². The van der Waals surface area contributed by atoms with Crippen molar-refractivity contribution >= 4 is 21.7 Å². The molecule has 4 heteroatoms. The summed E-state index contributed by atoms with van der Waals surface area (Å²) in [6.45, 7) is 7.66. The molecule has 0 aliphatic carbocycles. The topological polar surface area (TPSA) is 28.2 Å². The molecular weight excluding hydrogens is 302 g/mol. The third-order valence-electron chi connectivity index (χ3n) is 3.76. The maximum Gasteiger partial charge on any atom is 0.129 e. The maximum absolute atomic E-state index is 4.59. The van der Waals surface area contributed by atoms with E-state index in [1.165, 1.54) is 31.2 Å². The van der Waals surface area contributed by atoms with Gasteiger partial charge in [-0.2, -0.15) is 0 Å². The zero-order valence-corrected chi connectivity index (χ0v) is 13.5. The molecule has 3 nitrogen and oxygen atoms in total. The second kappa shape index (κ2) is 7.25. The van der Waals surface area contributed by atoms with Crippen LogP contribution >= 0.6 is 15.9 Å². The molecule has 106 valence electrons. The van der Waals surface area contributed by atoms with Gasteiger partial charge in [0.15, 0.2) is 0 Å². The number of nitrogens with one attached hydrogen (secondary N) is 1. The van der Waals surface area contributed by atoms with Crippen LogP contribution in [0.25, 0.3) is 0 Å². The van der Waals surface area contributed by atoms with Gasteiger partial charge in [-0.3, -0.25) is 0 Å². The molecule has 0 saturated carbocycles. The van der Waals surface area contributed by atoms with E-state index >= 15 is 0 Å². The van der Waals surface area contributed by atoms with Crippen LogP contribution in [0.1, 0.15) is 38.2 Å². The molecule has 0 aromatic carbocycles. The molecule has 0 amide bonds. The summed E-state index contributed by atoms with van der Waals surface area (Å²) < 4.78 is 1.09. The molecular formula is C15H24BrN3. The van der Waals surface area contributed by atoms with Crippen molar-refractivity contribution in [1.29, 1.82) is 0 Å². The van der Waals surface area contributed by atoms with Crippen LogP contribution in [0.4, 0.5) is 5.82 Å². The Bertz CT molecular complexity index is 408. The van der Waals surface area contributed by atoms with Gasteiger partial charge >= 0.3 is 0 Å². The minimum absolute atomic E-state index is 0.591. The predicted octanol–water partition coefficient (Wildman–Crippen LogP) is 3.51. The van der Waals surface area contributed by atoms with Gasteiger partial charge < -0.3 is 10.2 Å². The number of piperidine rings is 1. The van der Waals surface area contributed by atoms with Crippen LogP contribution in [0.15, 0.2) is 16.7 Å². The average Bonchev–Trinajstić information content (AvgIpc) is 2.43. The van der Waals surface area contributed by atoms with E-state index in [2.05, 4.69) is 51.0 Å². The fourth-order valence-corrected chi connectivity index (χ4v) is 2.86. The second-order valence-electron chi connectivity index (χ2n) is 5.34. The van der Waals surface area contributed by atoms with E-state index < -0.39 is 0 Å². The summed E-state index contributed by atoms with van der Waals surface area (Å²) in [5.41, 5.74) is 1.26. The molecule has 2 heterocycles. The molecule has 0 spiro atoms. The van der Waals surface area contributed by atoms with E-state index in [4.69, 9.17) is 0 Å². The Hall–Kier alpha value is -0.610. The number of aromatic nitrogens is 1. The highest BCUT2D eigenvalue weighted by atomic mass is 79.9. The Morgan fingerprint density at radius 1 is 1.47 bits per heavy atom. The van der Waals surface area contributed by atoms with Gasteiger partial charge in [0.25, 0.3) is 0 Å². The van der Waals surface area contributed by atoms with E-state index in [0.717, 1.165) is 29.9 Å². The summed E-state index contributed by atoms with van der Waals surface area (Å²) in [6, 6.07) is 2.79. The normalized spacial score (nSPS) is 19.7. The number of rotatable bonds is 5. The van der Waals surface area contributed by atoms with Gasteiger partial charge in [-0.25, -0.2) is 4.98 Å². The maximum atomic E-state index is 4.59.